The average molecular weight is 481 g/mol. The third kappa shape index (κ3) is 4.85. The first-order chi connectivity index (χ1) is 15.9. The smallest absolute Gasteiger partial charge is 0.159 e. The molecule has 1 aliphatic heterocycles. The number of aryl methyl sites for hydroxylation is 1. The number of nitriles is 1. The summed E-state index contributed by atoms with van der Waals surface area (Å²) in [6, 6.07) is 13.7. The summed E-state index contributed by atoms with van der Waals surface area (Å²) >= 11 is 12.6. The molecule has 6 nitrogen and oxygen atoms in total. The molecule has 170 valence electrons. The van der Waals surface area contributed by atoms with Gasteiger partial charge in [0.15, 0.2) is 11.6 Å². The summed E-state index contributed by atoms with van der Waals surface area (Å²) in [5.74, 6) is 0.797. The number of benzene rings is 2. The van der Waals surface area contributed by atoms with E-state index in [-0.39, 0.29) is 0 Å². The van der Waals surface area contributed by atoms with Gasteiger partial charge in [-0.05, 0) is 68.0 Å². The van der Waals surface area contributed by atoms with Crippen molar-refractivity contribution in [2.75, 3.05) is 22.5 Å². The van der Waals surface area contributed by atoms with Crippen molar-refractivity contribution in [1.82, 2.24) is 9.97 Å². The third-order valence-electron chi connectivity index (χ3n) is 6.18. The molecule has 3 aromatic rings. The number of piperidine rings is 1. The zero-order valence-electron chi connectivity index (χ0n) is 18.6. The number of nitrogens with zero attached hydrogens (tertiary/aromatic N) is 4. The summed E-state index contributed by atoms with van der Waals surface area (Å²) in [6.07, 6.45) is 5.00. The second-order valence-electron chi connectivity index (χ2n) is 8.43. The van der Waals surface area contributed by atoms with Crippen molar-refractivity contribution in [2.24, 2.45) is 0 Å². The summed E-state index contributed by atoms with van der Waals surface area (Å²) in [5, 5.41) is 14.3. The normalized spacial score (nSPS) is 16.8. The Labute approximate surface area is 204 Å². The minimum atomic E-state index is -0.501. The van der Waals surface area contributed by atoms with Gasteiger partial charge in [-0.2, -0.15) is 5.26 Å². The molecular weight excluding hydrogens is 455 g/mol. The lowest BCUT2D eigenvalue weighted by molar-refractivity contribution is 0.481. The second-order valence-corrected chi connectivity index (χ2v) is 9.27. The molecule has 0 radical (unpaired) electrons. The van der Waals surface area contributed by atoms with Gasteiger partial charge < -0.3 is 16.0 Å². The van der Waals surface area contributed by atoms with E-state index in [1.165, 1.54) is 12.7 Å². The predicted molar refractivity (Wildman–Crippen MR) is 135 cm³/mol. The topological polar surface area (TPSA) is 90.9 Å². The third-order valence-corrected chi connectivity index (χ3v) is 6.76. The van der Waals surface area contributed by atoms with Crippen LogP contribution in [-0.4, -0.2) is 22.6 Å². The summed E-state index contributed by atoms with van der Waals surface area (Å²) in [6.45, 7) is 5.09. The van der Waals surface area contributed by atoms with Crippen molar-refractivity contribution in [3.8, 4) is 6.07 Å². The Kier molecular flexibility index (Phi) is 6.92. The van der Waals surface area contributed by atoms with Gasteiger partial charge in [0.25, 0.3) is 0 Å². The van der Waals surface area contributed by atoms with E-state index in [9.17, 15) is 5.26 Å². The van der Waals surface area contributed by atoms with Crippen LogP contribution in [0.3, 0.4) is 0 Å². The van der Waals surface area contributed by atoms with Gasteiger partial charge in [0.2, 0.25) is 0 Å². The maximum atomic E-state index is 9.84. The van der Waals surface area contributed by atoms with Gasteiger partial charge in [-0.3, -0.25) is 0 Å². The summed E-state index contributed by atoms with van der Waals surface area (Å²) in [5.41, 5.74) is 10.3. The number of aromatic nitrogens is 2. The summed E-state index contributed by atoms with van der Waals surface area (Å²) < 4.78 is 0. The fraction of sp³-hybridized carbons (Fsp3) is 0.320. The Balaban J connectivity index is 1.64. The van der Waals surface area contributed by atoms with Crippen LogP contribution in [0.4, 0.5) is 23.0 Å². The second kappa shape index (κ2) is 9.86. The van der Waals surface area contributed by atoms with Crippen LogP contribution in [0.15, 0.2) is 42.7 Å². The largest absolute Gasteiger partial charge is 0.393 e. The highest BCUT2D eigenvalue weighted by molar-refractivity contribution is 6.32. The van der Waals surface area contributed by atoms with Gasteiger partial charge in [0.1, 0.15) is 12.0 Å². The van der Waals surface area contributed by atoms with Crippen molar-refractivity contribution in [1.29, 1.82) is 5.26 Å². The lowest BCUT2D eigenvalue weighted by Gasteiger charge is -2.35. The molecule has 8 heteroatoms. The van der Waals surface area contributed by atoms with Gasteiger partial charge in [-0.15, -0.1) is 0 Å². The average Bonchev–Trinajstić information content (AvgIpc) is 2.80. The molecule has 2 heterocycles. The Morgan fingerprint density at radius 1 is 1.18 bits per heavy atom. The first-order valence-electron chi connectivity index (χ1n) is 11.0. The molecule has 0 aliphatic carbocycles. The zero-order valence-corrected chi connectivity index (χ0v) is 20.2. The monoisotopic (exact) mass is 480 g/mol. The molecule has 1 saturated heterocycles. The molecule has 0 bridgehead atoms. The van der Waals surface area contributed by atoms with Crippen molar-refractivity contribution in [3.63, 3.8) is 0 Å². The summed E-state index contributed by atoms with van der Waals surface area (Å²) in [4.78, 5) is 11.1. The predicted octanol–water partition coefficient (Wildman–Crippen LogP) is 6.45. The standard InChI is InChI=1S/C25H26Cl2N6/c1-15-11-19(20(13-28)17-6-8-18(26)9-7-17)21(27)12-22(15)32-24-23(29)25(31-14-30-24)33-10-4-3-5-16(33)2/h6-9,11-12,14,16,20H,3-5,10,29H2,1-2H3,(H,30,31,32). The first-order valence-corrected chi connectivity index (χ1v) is 11.7. The minimum Gasteiger partial charge on any atom is -0.393 e. The van der Waals surface area contributed by atoms with Gasteiger partial charge in [-0.1, -0.05) is 41.4 Å². The van der Waals surface area contributed by atoms with Gasteiger partial charge in [-0.25, -0.2) is 9.97 Å². The SMILES string of the molecule is Cc1cc(C(C#N)c2ccc(Cl)cc2)c(Cl)cc1Nc1ncnc(N2CCCCC2C)c1N. The van der Waals surface area contributed by atoms with Crippen LogP contribution in [0.5, 0.6) is 0 Å². The van der Waals surface area contributed by atoms with E-state index in [1.807, 2.05) is 31.2 Å². The minimum absolute atomic E-state index is 0.384. The number of nitrogen functional groups attached to an aromatic ring is 1. The molecule has 0 saturated carbocycles. The fourth-order valence-electron chi connectivity index (χ4n) is 4.29. The molecule has 1 fully saturated rings. The molecule has 4 rings (SSSR count). The Bertz CT molecular complexity index is 1190. The summed E-state index contributed by atoms with van der Waals surface area (Å²) in [7, 11) is 0. The van der Waals surface area contributed by atoms with Crippen molar-refractivity contribution >= 4 is 46.2 Å². The van der Waals surface area contributed by atoms with Gasteiger partial charge in [0.05, 0.1) is 12.0 Å². The van der Waals surface area contributed by atoms with E-state index in [1.54, 1.807) is 12.1 Å². The van der Waals surface area contributed by atoms with Crippen molar-refractivity contribution in [2.45, 2.75) is 45.1 Å². The zero-order chi connectivity index (χ0) is 23.5. The van der Waals surface area contributed by atoms with E-state index in [0.29, 0.717) is 27.6 Å². The molecule has 33 heavy (non-hydrogen) atoms. The van der Waals surface area contributed by atoms with Crippen molar-refractivity contribution in [3.05, 3.63) is 69.5 Å². The van der Waals surface area contributed by atoms with Crippen LogP contribution in [-0.2, 0) is 0 Å². The van der Waals surface area contributed by atoms with Gasteiger partial charge >= 0.3 is 0 Å². The number of halogens is 2. The highest BCUT2D eigenvalue weighted by atomic mass is 35.5. The molecule has 0 amide bonds. The van der Waals surface area contributed by atoms with Crippen LogP contribution in [0, 0.1) is 18.3 Å². The maximum Gasteiger partial charge on any atom is 0.159 e. The van der Waals surface area contributed by atoms with Crippen LogP contribution < -0.4 is 16.0 Å². The molecule has 1 aliphatic rings. The molecule has 2 unspecified atom stereocenters. The van der Waals surface area contributed by atoms with E-state index in [4.69, 9.17) is 28.9 Å². The molecule has 1 aromatic heterocycles. The van der Waals surface area contributed by atoms with E-state index >= 15 is 0 Å². The molecule has 3 N–H and O–H groups in total. The van der Waals surface area contributed by atoms with Crippen LogP contribution >= 0.6 is 23.2 Å². The quantitative estimate of drug-likeness (QED) is 0.435. The number of nitrogens with one attached hydrogen (secondary N) is 1. The van der Waals surface area contributed by atoms with Gasteiger partial charge in [0, 0.05) is 28.3 Å². The Morgan fingerprint density at radius 2 is 1.94 bits per heavy atom. The van der Waals surface area contributed by atoms with E-state index in [0.717, 1.165) is 47.6 Å². The number of rotatable bonds is 5. The van der Waals surface area contributed by atoms with Crippen LogP contribution in [0.25, 0.3) is 0 Å². The lowest BCUT2D eigenvalue weighted by Crippen LogP contribution is -2.38. The maximum absolute atomic E-state index is 9.84. The van der Waals surface area contributed by atoms with E-state index in [2.05, 4.69) is 33.2 Å². The van der Waals surface area contributed by atoms with Crippen molar-refractivity contribution < 1.29 is 0 Å². The Hall–Kier alpha value is -3.01. The highest BCUT2D eigenvalue weighted by Crippen LogP contribution is 2.37. The highest BCUT2D eigenvalue weighted by Gasteiger charge is 2.24. The molecule has 2 aromatic carbocycles. The fourth-order valence-corrected chi connectivity index (χ4v) is 4.69. The number of anilines is 4. The number of nitrogens with two attached hydrogens (primary N) is 1. The Morgan fingerprint density at radius 3 is 2.64 bits per heavy atom. The lowest BCUT2D eigenvalue weighted by atomic mass is 9.91. The number of hydrogen-bond donors (Lipinski definition) is 2. The number of hydrogen-bond acceptors (Lipinski definition) is 6. The molecule has 0 spiro atoms. The van der Waals surface area contributed by atoms with Crippen LogP contribution in [0.2, 0.25) is 10.0 Å². The van der Waals surface area contributed by atoms with E-state index < -0.39 is 5.92 Å². The molecule has 2 atom stereocenters. The first kappa shape index (κ1) is 23.2. The van der Waals surface area contributed by atoms with Crippen LogP contribution in [0.1, 0.15) is 48.8 Å². The molecular formula is C25H26Cl2N6.